The molecule has 2 N–H and O–H groups in total. The summed E-state index contributed by atoms with van der Waals surface area (Å²) in [4.78, 5) is 9.70. The number of aliphatic carboxylic acids is 1. The van der Waals surface area contributed by atoms with Gasteiger partial charge in [-0.25, -0.2) is 4.39 Å². The highest BCUT2D eigenvalue weighted by Gasteiger charge is 2.16. The number of carbonyl (C=O) groups is 1. The highest BCUT2D eigenvalue weighted by molar-refractivity contribution is 5.88. The number of aryl methyl sites for hydroxylation is 3. The van der Waals surface area contributed by atoms with Crippen LogP contribution >= 0.6 is 0 Å². The van der Waals surface area contributed by atoms with Gasteiger partial charge >= 0.3 is 5.97 Å². The molecule has 0 unspecified atom stereocenters. The first-order chi connectivity index (χ1) is 24.8. The standard InChI is InChI=1S/C33H32FN.C7H14.C4H8O2.2C2H6/c1-21(2)29-17-15-26(18-24(29)5)19-27-11-7-8-12-31(27)33-23(4)10-9-13-30(33)25(6)35-32-20-28(34)16-14-22(32)3;1-7-5-3-2-4-6-7;1-3(2)4(5)6;2*1-2/h7-18,20,35H,1,6,19H2,2-5H3;7H,2-6H2,1H3;3H,1-2H3,(H,5,6);2*1-2H3. The van der Waals surface area contributed by atoms with Gasteiger partial charge in [-0.3, -0.25) is 4.79 Å². The quantitative estimate of drug-likeness (QED) is 0.192. The number of hydrogen-bond acceptors (Lipinski definition) is 2. The van der Waals surface area contributed by atoms with Crippen molar-refractivity contribution in [2.24, 2.45) is 11.8 Å². The van der Waals surface area contributed by atoms with Crippen LogP contribution in [0.25, 0.3) is 22.4 Å². The molecule has 4 aromatic carbocycles. The van der Waals surface area contributed by atoms with Gasteiger partial charge < -0.3 is 10.4 Å². The minimum atomic E-state index is -0.741. The normalized spacial score (nSPS) is 11.9. The second kappa shape index (κ2) is 23.9. The van der Waals surface area contributed by atoms with E-state index in [4.69, 9.17) is 5.11 Å². The van der Waals surface area contributed by atoms with Gasteiger partial charge in [0.05, 0.1) is 5.92 Å². The van der Waals surface area contributed by atoms with Crippen LogP contribution in [0.2, 0.25) is 0 Å². The van der Waals surface area contributed by atoms with Crippen LogP contribution in [0.15, 0.2) is 92.0 Å². The molecule has 0 atom stereocenters. The molecule has 52 heavy (non-hydrogen) atoms. The topological polar surface area (TPSA) is 49.3 Å². The van der Waals surface area contributed by atoms with E-state index in [0.29, 0.717) is 0 Å². The zero-order chi connectivity index (χ0) is 39.4. The van der Waals surface area contributed by atoms with Gasteiger partial charge in [0.15, 0.2) is 0 Å². The van der Waals surface area contributed by atoms with Crippen molar-refractivity contribution in [2.75, 3.05) is 5.32 Å². The fourth-order valence-electron chi connectivity index (χ4n) is 6.00. The van der Waals surface area contributed by atoms with Crippen LogP contribution in [0, 0.1) is 38.4 Å². The van der Waals surface area contributed by atoms with Crippen molar-refractivity contribution in [3.63, 3.8) is 0 Å². The van der Waals surface area contributed by atoms with Crippen LogP contribution < -0.4 is 5.32 Å². The van der Waals surface area contributed by atoms with E-state index in [2.05, 4.69) is 93.8 Å². The number of rotatable bonds is 8. The average molecular weight is 708 g/mol. The van der Waals surface area contributed by atoms with Crippen molar-refractivity contribution in [1.82, 2.24) is 0 Å². The molecule has 0 radical (unpaired) electrons. The SMILES string of the molecule is C=C(C)c1ccc(Cc2ccccc2-c2c(C)cccc2C(=C)Nc2cc(F)ccc2C)cc1C.CC.CC.CC(C)C(=O)O.CC1CCCCC1. The molecular formula is C48H66FNO2. The van der Waals surface area contributed by atoms with Gasteiger partial charge in [-0.15, -0.1) is 0 Å². The summed E-state index contributed by atoms with van der Waals surface area (Å²) in [7, 11) is 0. The maximum atomic E-state index is 13.9. The first-order valence-corrected chi connectivity index (χ1v) is 19.2. The van der Waals surface area contributed by atoms with Gasteiger partial charge in [0, 0.05) is 16.9 Å². The fraction of sp³-hybridized carbons (Fsp3) is 0.396. The first-order valence-electron chi connectivity index (χ1n) is 19.2. The Labute approximate surface area is 316 Å². The van der Waals surface area contributed by atoms with E-state index >= 15 is 0 Å². The van der Waals surface area contributed by atoms with Gasteiger partial charge in [0.1, 0.15) is 5.82 Å². The number of carboxylic acids is 1. The maximum Gasteiger partial charge on any atom is 0.305 e. The number of halogens is 1. The molecule has 0 bridgehead atoms. The van der Waals surface area contributed by atoms with Crippen LogP contribution in [0.5, 0.6) is 0 Å². The van der Waals surface area contributed by atoms with Gasteiger partial charge in [-0.1, -0.05) is 166 Å². The van der Waals surface area contributed by atoms with Gasteiger partial charge in [0.2, 0.25) is 0 Å². The molecule has 1 saturated carbocycles. The highest BCUT2D eigenvalue weighted by atomic mass is 19.1. The van der Waals surface area contributed by atoms with Crippen LogP contribution in [-0.2, 0) is 11.2 Å². The molecule has 0 spiro atoms. The zero-order valence-electron chi connectivity index (χ0n) is 34.1. The predicted octanol–water partition coefficient (Wildman–Crippen LogP) is 14.5. The van der Waals surface area contributed by atoms with E-state index < -0.39 is 5.97 Å². The van der Waals surface area contributed by atoms with E-state index in [1.165, 1.54) is 77.6 Å². The Kier molecular flexibility index (Phi) is 21.0. The molecule has 0 aliphatic heterocycles. The van der Waals surface area contributed by atoms with Crippen molar-refractivity contribution in [2.45, 2.75) is 115 Å². The minimum Gasteiger partial charge on any atom is -0.481 e. The molecule has 282 valence electrons. The minimum absolute atomic E-state index is 0.231. The molecule has 5 rings (SSSR count). The largest absolute Gasteiger partial charge is 0.481 e. The molecule has 0 amide bonds. The Morgan fingerprint density at radius 1 is 0.808 bits per heavy atom. The molecule has 1 fully saturated rings. The molecule has 4 heteroatoms. The number of anilines is 1. The van der Waals surface area contributed by atoms with Crippen molar-refractivity contribution < 1.29 is 14.3 Å². The molecule has 4 aromatic rings. The molecule has 0 aromatic heterocycles. The maximum absolute atomic E-state index is 13.9. The van der Waals surface area contributed by atoms with Gasteiger partial charge in [-0.2, -0.15) is 0 Å². The van der Waals surface area contributed by atoms with Gasteiger partial charge in [0.25, 0.3) is 0 Å². The van der Waals surface area contributed by atoms with E-state index in [1.54, 1.807) is 19.9 Å². The van der Waals surface area contributed by atoms with Crippen LogP contribution in [0.4, 0.5) is 10.1 Å². The summed E-state index contributed by atoms with van der Waals surface area (Å²) in [5.41, 5.74) is 13.0. The van der Waals surface area contributed by atoms with Crippen LogP contribution in [0.3, 0.4) is 0 Å². The third kappa shape index (κ3) is 14.7. The highest BCUT2D eigenvalue weighted by Crippen LogP contribution is 2.36. The number of carboxylic acid groups (broad SMARTS) is 1. The van der Waals surface area contributed by atoms with E-state index in [9.17, 15) is 9.18 Å². The van der Waals surface area contributed by atoms with E-state index in [1.807, 2.05) is 47.6 Å². The Morgan fingerprint density at radius 2 is 1.42 bits per heavy atom. The summed E-state index contributed by atoms with van der Waals surface area (Å²) in [6.45, 7) is 30.3. The van der Waals surface area contributed by atoms with Crippen molar-refractivity contribution >= 4 is 22.9 Å². The van der Waals surface area contributed by atoms with Gasteiger partial charge in [-0.05, 0) is 96.7 Å². The predicted molar refractivity (Wildman–Crippen MR) is 227 cm³/mol. The molecule has 1 aliphatic rings. The molecular weight excluding hydrogens is 642 g/mol. The van der Waals surface area contributed by atoms with E-state index in [-0.39, 0.29) is 11.7 Å². The second-order valence-electron chi connectivity index (χ2n) is 13.6. The summed E-state index contributed by atoms with van der Waals surface area (Å²) in [6.07, 6.45) is 8.26. The fourth-order valence-corrected chi connectivity index (χ4v) is 6.00. The third-order valence-electron chi connectivity index (χ3n) is 8.90. The Hall–Kier alpha value is -4.44. The molecule has 1 aliphatic carbocycles. The first kappa shape index (κ1) is 45.6. The van der Waals surface area contributed by atoms with Crippen molar-refractivity contribution in [3.8, 4) is 11.1 Å². The summed E-state index contributed by atoms with van der Waals surface area (Å²) in [5.74, 6) is -0.206. The lowest BCUT2D eigenvalue weighted by molar-refractivity contribution is -0.140. The zero-order valence-corrected chi connectivity index (χ0v) is 34.1. The lowest BCUT2D eigenvalue weighted by Gasteiger charge is -2.20. The lowest BCUT2D eigenvalue weighted by atomic mass is 9.88. The van der Waals surface area contributed by atoms with Crippen LogP contribution in [0.1, 0.15) is 126 Å². The van der Waals surface area contributed by atoms with Crippen molar-refractivity contribution in [1.29, 1.82) is 0 Å². The van der Waals surface area contributed by atoms with E-state index in [0.717, 1.165) is 46.0 Å². The summed E-state index contributed by atoms with van der Waals surface area (Å²) >= 11 is 0. The van der Waals surface area contributed by atoms with Crippen molar-refractivity contribution in [3.05, 3.63) is 137 Å². The number of benzene rings is 4. The number of hydrogen-bond donors (Lipinski definition) is 2. The number of nitrogens with one attached hydrogen (secondary N) is 1. The third-order valence-corrected chi connectivity index (χ3v) is 8.90. The lowest BCUT2D eigenvalue weighted by Crippen LogP contribution is -2.04. The molecule has 0 heterocycles. The summed E-state index contributed by atoms with van der Waals surface area (Å²) in [6, 6.07) is 26.2. The Balaban J connectivity index is 0.000000660. The second-order valence-corrected chi connectivity index (χ2v) is 13.6. The Morgan fingerprint density at radius 3 is 1.96 bits per heavy atom. The average Bonchev–Trinajstić information content (AvgIpc) is 3.12. The number of allylic oxidation sites excluding steroid dienone is 1. The molecule has 0 saturated heterocycles. The summed E-state index contributed by atoms with van der Waals surface area (Å²) in [5, 5.41) is 11.3. The molecule has 3 nitrogen and oxygen atoms in total. The monoisotopic (exact) mass is 708 g/mol. The smallest absolute Gasteiger partial charge is 0.305 e. The Bertz CT molecular complexity index is 1710. The van der Waals surface area contributed by atoms with Crippen LogP contribution in [-0.4, -0.2) is 11.1 Å². The summed E-state index contributed by atoms with van der Waals surface area (Å²) < 4.78 is 13.9.